The summed E-state index contributed by atoms with van der Waals surface area (Å²) in [6.45, 7) is 4.31. The molecule has 0 aliphatic heterocycles. The summed E-state index contributed by atoms with van der Waals surface area (Å²) < 4.78 is 23.1. The largest absolute Gasteiger partial charge is 0.377 e. The van der Waals surface area contributed by atoms with Crippen LogP contribution in [0.2, 0.25) is 0 Å². The number of fused-ring (bicyclic) bond motifs is 1. The van der Waals surface area contributed by atoms with Crippen molar-refractivity contribution in [2.24, 2.45) is 0 Å². The zero-order valence-electron chi connectivity index (χ0n) is 9.97. The molecule has 5 heteroatoms. The van der Waals surface area contributed by atoms with E-state index in [0.717, 1.165) is 10.9 Å². The maximum atomic E-state index is 12.5. The lowest BCUT2D eigenvalue weighted by atomic mass is 10.3. The molecule has 0 atom stereocenters. The molecule has 0 spiro atoms. The molecule has 0 aliphatic rings. The first-order valence-electron chi connectivity index (χ1n) is 5.67. The van der Waals surface area contributed by atoms with Crippen LogP contribution < -0.4 is 5.44 Å². The van der Waals surface area contributed by atoms with Gasteiger partial charge in [0.05, 0.1) is 13.2 Å². The summed E-state index contributed by atoms with van der Waals surface area (Å²) in [6, 6.07) is 9.57. The fourth-order valence-corrected chi connectivity index (χ4v) is 3.31. The topological polar surface area (TPSA) is 51.3 Å². The number of aromatic amines is 1. The third-order valence-electron chi connectivity index (χ3n) is 2.41. The second-order valence-corrected chi connectivity index (χ2v) is 5.57. The minimum absolute atomic E-state index is 0.354. The molecule has 92 valence electrons. The number of H-pyrrole nitrogens is 1. The SMILES string of the molecule is CCOP(=O)(OCC)c1cc2ccccc2[nH]1. The monoisotopic (exact) mass is 253 g/mol. The molecule has 2 aromatic rings. The number of benzene rings is 1. The molecule has 17 heavy (non-hydrogen) atoms. The Balaban J connectivity index is 2.45. The van der Waals surface area contributed by atoms with Crippen LogP contribution in [0.25, 0.3) is 10.9 Å². The van der Waals surface area contributed by atoms with E-state index < -0.39 is 7.60 Å². The van der Waals surface area contributed by atoms with E-state index in [1.807, 2.05) is 30.3 Å². The Bertz CT molecular complexity index is 506. The van der Waals surface area contributed by atoms with Gasteiger partial charge in [0.15, 0.2) is 0 Å². The van der Waals surface area contributed by atoms with Crippen LogP contribution >= 0.6 is 7.60 Å². The van der Waals surface area contributed by atoms with Crippen molar-refractivity contribution in [3.05, 3.63) is 30.3 Å². The van der Waals surface area contributed by atoms with Crippen LogP contribution in [0.5, 0.6) is 0 Å². The maximum Gasteiger partial charge on any atom is 0.377 e. The first-order valence-corrected chi connectivity index (χ1v) is 7.21. The van der Waals surface area contributed by atoms with Crippen molar-refractivity contribution in [1.29, 1.82) is 0 Å². The van der Waals surface area contributed by atoms with Crippen LogP contribution in [0.1, 0.15) is 13.8 Å². The third-order valence-corrected chi connectivity index (χ3v) is 4.44. The van der Waals surface area contributed by atoms with E-state index in [0.29, 0.717) is 18.6 Å². The van der Waals surface area contributed by atoms with Gasteiger partial charge in [-0.1, -0.05) is 18.2 Å². The molecule has 0 radical (unpaired) electrons. The van der Waals surface area contributed by atoms with Crippen LogP contribution in [0.15, 0.2) is 30.3 Å². The highest BCUT2D eigenvalue weighted by atomic mass is 31.2. The standard InChI is InChI=1S/C12H16NO3P/c1-3-15-17(14,16-4-2)12-9-10-7-5-6-8-11(10)13-12/h5-9,13H,3-4H2,1-2H3. The molecule has 0 aliphatic carbocycles. The second kappa shape index (κ2) is 5.05. The van der Waals surface area contributed by atoms with Crippen molar-refractivity contribution < 1.29 is 13.6 Å². The summed E-state index contributed by atoms with van der Waals surface area (Å²) in [5, 5.41) is 1.00. The van der Waals surface area contributed by atoms with Gasteiger partial charge in [-0.15, -0.1) is 0 Å². The highest BCUT2D eigenvalue weighted by Gasteiger charge is 2.28. The van der Waals surface area contributed by atoms with Gasteiger partial charge < -0.3 is 14.0 Å². The molecule has 0 amide bonds. The van der Waals surface area contributed by atoms with Gasteiger partial charge in [-0.3, -0.25) is 4.57 Å². The maximum absolute atomic E-state index is 12.5. The van der Waals surface area contributed by atoms with Gasteiger partial charge in [-0.25, -0.2) is 0 Å². The lowest BCUT2D eigenvalue weighted by Gasteiger charge is -2.14. The molecular formula is C12H16NO3P. The van der Waals surface area contributed by atoms with Crippen molar-refractivity contribution in [3.63, 3.8) is 0 Å². The van der Waals surface area contributed by atoms with Gasteiger partial charge in [-0.05, 0) is 26.0 Å². The molecule has 1 heterocycles. The number of aromatic nitrogens is 1. The molecule has 0 unspecified atom stereocenters. The Morgan fingerprint density at radius 1 is 1.18 bits per heavy atom. The molecule has 0 bridgehead atoms. The molecule has 2 rings (SSSR count). The Morgan fingerprint density at radius 2 is 1.82 bits per heavy atom. The Morgan fingerprint density at radius 3 is 2.41 bits per heavy atom. The van der Waals surface area contributed by atoms with Crippen LogP contribution in [0.3, 0.4) is 0 Å². The Hall–Kier alpha value is -1.09. The van der Waals surface area contributed by atoms with Crippen LogP contribution in [-0.2, 0) is 13.6 Å². The number of para-hydroxylation sites is 1. The predicted molar refractivity (Wildman–Crippen MR) is 68.8 cm³/mol. The molecule has 0 saturated heterocycles. The van der Waals surface area contributed by atoms with Crippen LogP contribution in [0.4, 0.5) is 0 Å². The lowest BCUT2D eigenvalue weighted by molar-refractivity contribution is 0.229. The summed E-state index contributed by atoms with van der Waals surface area (Å²) >= 11 is 0. The van der Waals surface area contributed by atoms with E-state index in [-0.39, 0.29) is 0 Å². The molecular weight excluding hydrogens is 237 g/mol. The van der Waals surface area contributed by atoms with E-state index in [4.69, 9.17) is 9.05 Å². The summed E-state index contributed by atoms with van der Waals surface area (Å²) in [5.74, 6) is 0. The van der Waals surface area contributed by atoms with Crippen molar-refractivity contribution in [3.8, 4) is 0 Å². The number of nitrogens with one attached hydrogen (secondary N) is 1. The minimum Gasteiger partial charge on any atom is -0.348 e. The van der Waals surface area contributed by atoms with Gasteiger partial charge in [0, 0.05) is 10.9 Å². The highest BCUT2D eigenvalue weighted by molar-refractivity contribution is 7.62. The van der Waals surface area contributed by atoms with Crippen molar-refractivity contribution in [1.82, 2.24) is 4.98 Å². The van der Waals surface area contributed by atoms with Gasteiger partial charge in [0.2, 0.25) is 0 Å². The third kappa shape index (κ3) is 2.44. The van der Waals surface area contributed by atoms with Gasteiger partial charge in [0.1, 0.15) is 5.44 Å². The van der Waals surface area contributed by atoms with E-state index >= 15 is 0 Å². The molecule has 1 aromatic carbocycles. The molecule has 4 nitrogen and oxygen atoms in total. The molecule has 0 fully saturated rings. The lowest BCUT2D eigenvalue weighted by Crippen LogP contribution is -2.11. The first kappa shape index (κ1) is 12.4. The summed E-state index contributed by atoms with van der Waals surface area (Å²) in [6.07, 6.45) is 0. The van der Waals surface area contributed by atoms with Crippen LogP contribution in [-0.4, -0.2) is 18.2 Å². The number of hydrogen-bond donors (Lipinski definition) is 1. The highest BCUT2D eigenvalue weighted by Crippen LogP contribution is 2.46. The quantitative estimate of drug-likeness (QED) is 0.833. The number of hydrogen-bond acceptors (Lipinski definition) is 3. The molecule has 1 aromatic heterocycles. The van der Waals surface area contributed by atoms with Crippen LogP contribution in [0, 0.1) is 0 Å². The normalized spacial score (nSPS) is 12.1. The van der Waals surface area contributed by atoms with E-state index in [1.54, 1.807) is 13.8 Å². The summed E-state index contributed by atoms with van der Waals surface area (Å²) in [5.41, 5.74) is 1.45. The smallest absolute Gasteiger partial charge is 0.348 e. The Labute approximate surface area is 100 Å². The van der Waals surface area contributed by atoms with Gasteiger partial charge >= 0.3 is 7.60 Å². The predicted octanol–water partition coefficient (Wildman–Crippen LogP) is 3.06. The summed E-state index contributed by atoms with van der Waals surface area (Å²) in [7, 11) is -3.20. The zero-order valence-corrected chi connectivity index (χ0v) is 10.9. The van der Waals surface area contributed by atoms with Crippen molar-refractivity contribution in [2.75, 3.05) is 13.2 Å². The minimum atomic E-state index is -3.20. The molecule has 1 N–H and O–H groups in total. The summed E-state index contributed by atoms with van der Waals surface area (Å²) in [4.78, 5) is 3.09. The van der Waals surface area contributed by atoms with Gasteiger partial charge in [-0.2, -0.15) is 0 Å². The number of rotatable bonds is 5. The van der Waals surface area contributed by atoms with E-state index in [2.05, 4.69) is 4.98 Å². The average Bonchev–Trinajstić information content (AvgIpc) is 2.74. The van der Waals surface area contributed by atoms with Crippen molar-refractivity contribution in [2.45, 2.75) is 13.8 Å². The Kier molecular flexibility index (Phi) is 3.67. The zero-order chi connectivity index (χ0) is 12.3. The van der Waals surface area contributed by atoms with Gasteiger partial charge in [0.25, 0.3) is 0 Å². The van der Waals surface area contributed by atoms with E-state index in [9.17, 15) is 4.57 Å². The first-order chi connectivity index (χ1) is 8.19. The fraction of sp³-hybridized carbons (Fsp3) is 0.333. The molecule has 0 saturated carbocycles. The van der Waals surface area contributed by atoms with E-state index in [1.165, 1.54) is 0 Å². The second-order valence-electron chi connectivity index (χ2n) is 3.57. The van der Waals surface area contributed by atoms with Crippen molar-refractivity contribution >= 4 is 23.9 Å². The average molecular weight is 253 g/mol. The fourth-order valence-electron chi connectivity index (χ4n) is 1.72.